The van der Waals surface area contributed by atoms with Crippen molar-refractivity contribution < 1.29 is 9.84 Å². The van der Waals surface area contributed by atoms with Gasteiger partial charge >= 0.3 is 0 Å². The van der Waals surface area contributed by atoms with Crippen molar-refractivity contribution in [1.82, 2.24) is 5.32 Å². The molecule has 1 unspecified atom stereocenters. The van der Waals surface area contributed by atoms with Gasteiger partial charge in [-0.15, -0.1) is 0 Å². The minimum atomic E-state index is -0.508. The molecule has 1 aromatic rings. The zero-order valence-electron chi connectivity index (χ0n) is 10.2. The number of rotatable bonds is 6. The summed E-state index contributed by atoms with van der Waals surface area (Å²) in [6, 6.07) is 9.89. The SMILES string of the molecule is CNC(CO)(COC(C)C)c1ccccc1. The van der Waals surface area contributed by atoms with Crippen LogP contribution in [0.3, 0.4) is 0 Å². The summed E-state index contributed by atoms with van der Waals surface area (Å²) in [4.78, 5) is 0. The molecule has 0 radical (unpaired) electrons. The van der Waals surface area contributed by atoms with Crippen molar-refractivity contribution in [2.45, 2.75) is 25.5 Å². The van der Waals surface area contributed by atoms with E-state index in [-0.39, 0.29) is 12.7 Å². The van der Waals surface area contributed by atoms with Gasteiger partial charge in [-0.3, -0.25) is 0 Å². The summed E-state index contributed by atoms with van der Waals surface area (Å²) in [5.41, 5.74) is 0.534. The summed E-state index contributed by atoms with van der Waals surface area (Å²) in [5, 5.41) is 12.8. The Morgan fingerprint density at radius 3 is 2.38 bits per heavy atom. The second-order valence-electron chi connectivity index (χ2n) is 4.22. The Morgan fingerprint density at radius 2 is 1.94 bits per heavy atom. The highest BCUT2D eigenvalue weighted by atomic mass is 16.5. The monoisotopic (exact) mass is 223 g/mol. The van der Waals surface area contributed by atoms with Crippen molar-refractivity contribution in [3.63, 3.8) is 0 Å². The fourth-order valence-electron chi connectivity index (χ4n) is 1.58. The van der Waals surface area contributed by atoms with E-state index in [9.17, 15) is 5.11 Å². The molecule has 0 bridgehead atoms. The first-order valence-electron chi connectivity index (χ1n) is 5.61. The van der Waals surface area contributed by atoms with E-state index in [4.69, 9.17) is 4.74 Å². The second-order valence-corrected chi connectivity index (χ2v) is 4.22. The summed E-state index contributed by atoms with van der Waals surface area (Å²) in [5.74, 6) is 0. The van der Waals surface area contributed by atoms with Crippen LogP contribution in [0.1, 0.15) is 19.4 Å². The summed E-state index contributed by atoms with van der Waals surface area (Å²) in [6.45, 7) is 4.45. The lowest BCUT2D eigenvalue weighted by Crippen LogP contribution is -2.48. The highest BCUT2D eigenvalue weighted by Gasteiger charge is 2.30. The Morgan fingerprint density at radius 1 is 1.31 bits per heavy atom. The van der Waals surface area contributed by atoms with Crippen LogP contribution in [0.15, 0.2) is 30.3 Å². The normalized spacial score (nSPS) is 15.1. The van der Waals surface area contributed by atoms with E-state index in [1.807, 2.05) is 51.2 Å². The molecular formula is C13H21NO2. The van der Waals surface area contributed by atoms with Crippen LogP contribution in [0.25, 0.3) is 0 Å². The van der Waals surface area contributed by atoms with Gasteiger partial charge in [-0.2, -0.15) is 0 Å². The molecule has 2 N–H and O–H groups in total. The third kappa shape index (κ3) is 3.04. The zero-order valence-corrected chi connectivity index (χ0v) is 10.2. The topological polar surface area (TPSA) is 41.5 Å². The predicted molar refractivity (Wildman–Crippen MR) is 65.4 cm³/mol. The largest absolute Gasteiger partial charge is 0.394 e. The second kappa shape index (κ2) is 5.99. The van der Waals surface area contributed by atoms with Gasteiger partial charge in [-0.25, -0.2) is 0 Å². The van der Waals surface area contributed by atoms with Crippen LogP contribution in [-0.2, 0) is 10.3 Å². The van der Waals surface area contributed by atoms with Crippen molar-refractivity contribution in [2.75, 3.05) is 20.3 Å². The molecule has 0 spiro atoms. The number of ether oxygens (including phenoxy) is 1. The first-order valence-corrected chi connectivity index (χ1v) is 5.61. The van der Waals surface area contributed by atoms with Crippen molar-refractivity contribution >= 4 is 0 Å². The van der Waals surface area contributed by atoms with Crippen LogP contribution in [0.4, 0.5) is 0 Å². The van der Waals surface area contributed by atoms with Crippen LogP contribution >= 0.6 is 0 Å². The molecule has 0 fully saturated rings. The molecule has 0 aromatic heterocycles. The van der Waals surface area contributed by atoms with E-state index in [0.29, 0.717) is 6.61 Å². The molecular weight excluding hydrogens is 202 g/mol. The molecule has 0 heterocycles. The molecule has 3 heteroatoms. The molecule has 1 rings (SSSR count). The molecule has 1 aromatic carbocycles. The van der Waals surface area contributed by atoms with Crippen LogP contribution in [0.2, 0.25) is 0 Å². The summed E-state index contributed by atoms with van der Waals surface area (Å²) in [6.07, 6.45) is 0.156. The van der Waals surface area contributed by atoms with Crippen LogP contribution < -0.4 is 5.32 Å². The van der Waals surface area contributed by atoms with Gasteiger partial charge in [0, 0.05) is 0 Å². The standard InChI is InChI=1S/C13H21NO2/c1-11(2)16-10-13(9-15,14-3)12-7-5-4-6-8-12/h4-8,11,14-15H,9-10H2,1-3H3. The minimum Gasteiger partial charge on any atom is -0.394 e. The molecule has 0 aliphatic carbocycles. The van der Waals surface area contributed by atoms with E-state index in [0.717, 1.165) is 5.56 Å². The summed E-state index contributed by atoms with van der Waals surface area (Å²) in [7, 11) is 1.84. The molecule has 16 heavy (non-hydrogen) atoms. The van der Waals surface area contributed by atoms with Gasteiger partial charge in [-0.05, 0) is 26.5 Å². The van der Waals surface area contributed by atoms with E-state index in [1.165, 1.54) is 0 Å². The van der Waals surface area contributed by atoms with E-state index >= 15 is 0 Å². The molecule has 0 amide bonds. The number of aliphatic hydroxyl groups is 1. The van der Waals surface area contributed by atoms with Crippen molar-refractivity contribution in [3.05, 3.63) is 35.9 Å². The van der Waals surface area contributed by atoms with Crippen molar-refractivity contribution in [2.24, 2.45) is 0 Å². The average molecular weight is 223 g/mol. The van der Waals surface area contributed by atoms with Gasteiger partial charge < -0.3 is 15.2 Å². The van der Waals surface area contributed by atoms with Crippen LogP contribution in [-0.4, -0.2) is 31.5 Å². The lowest BCUT2D eigenvalue weighted by molar-refractivity contribution is 0.00600. The number of hydrogen-bond acceptors (Lipinski definition) is 3. The fourth-order valence-corrected chi connectivity index (χ4v) is 1.58. The Bertz CT molecular complexity index is 294. The van der Waals surface area contributed by atoms with Crippen molar-refractivity contribution in [1.29, 1.82) is 0 Å². The summed E-state index contributed by atoms with van der Waals surface area (Å²) < 4.78 is 5.62. The number of nitrogens with one attached hydrogen (secondary N) is 1. The number of likely N-dealkylation sites (N-methyl/N-ethyl adjacent to an activating group) is 1. The van der Waals surface area contributed by atoms with Gasteiger partial charge in [-0.1, -0.05) is 30.3 Å². The lowest BCUT2D eigenvalue weighted by Gasteiger charge is -2.32. The van der Waals surface area contributed by atoms with E-state index in [2.05, 4.69) is 5.32 Å². The first kappa shape index (κ1) is 13.2. The maximum Gasteiger partial charge on any atom is 0.0903 e. The maximum atomic E-state index is 9.60. The average Bonchev–Trinajstić information content (AvgIpc) is 2.32. The van der Waals surface area contributed by atoms with Crippen LogP contribution in [0, 0.1) is 0 Å². The maximum absolute atomic E-state index is 9.60. The molecule has 0 aliphatic heterocycles. The Balaban J connectivity index is 2.87. The van der Waals surface area contributed by atoms with E-state index < -0.39 is 5.54 Å². The quantitative estimate of drug-likeness (QED) is 0.768. The Kier molecular flexibility index (Phi) is 4.93. The predicted octanol–water partition coefficient (Wildman–Crippen LogP) is 1.52. The first-order chi connectivity index (χ1) is 7.64. The number of benzene rings is 1. The molecule has 1 atom stereocenters. The number of aliphatic hydroxyl groups excluding tert-OH is 1. The molecule has 3 nitrogen and oxygen atoms in total. The van der Waals surface area contributed by atoms with Gasteiger partial charge in [0.1, 0.15) is 0 Å². The third-order valence-electron chi connectivity index (χ3n) is 2.74. The van der Waals surface area contributed by atoms with Gasteiger partial charge in [0.15, 0.2) is 0 Å². The molecule has 0 saturated carbocycles. The molecule has 90 valence electrons. The van der Waals surface area contributed by atoms with Crippen LogP contribution in [0.5, 0.6) is 0 Å². The van der Waals surface area contributed by atoms with Gasteiger partial charge in [0.25, 0.3) is 0 Å². The lowest BCUT2D eigenvalue weighted by atomic mass is 9.92. The van der Waals surface area contributed by atoms with Crippen molar-refractivity contribution in [3.8, 4) is 0 Å². The van der Waals surface area contributed by atoms with Gasteiger partial charge in [0.2, 0.25) is 0 Å². The molecule has 0 saturated heterocycles. The minimum absolute atomic E-state index is 0.0141. The summed E-state index contributed by atoms with van der Waals surface area (Å²) >= 11 is 0. The number of hydrogen-bond donors (Lipinski definition) is 2. The van der Waals surface area contributed by atoms with Gasteiger partial charge in [0.05, 0.1) is 24.9 Å². The van der Waals surface area contributed by atoms with E-state index in [1.54, 1.807) is 0 Å². The fraction of sp³-hybridized carbons (Fsp3) is 0.538. The highest BCUT2D eigenvalue weighted by molar-refractivity contribution is 5.24. The molecule has 0 aliphatic rings. The third-order valence-corrected chi connectivity index (χ3v) is 2.74. The Hall–Kier alpha value is -0.900. The highest BCUT2D eigenvalue weighted by Crippen LogP contribution is 2.21. The zero-order chi connectivity index (χ0) is 12.0. The smallest absolute Gasteiger partial charge is 0.0903 e. The Labute approximate surface area is 97.4 Å².